The fourth-order valence-electron chi connectivity index (χ4n) is 2.93. The maximum atomic E-state index is 3.67. The zero-order valence-corrected chi connectivity index (χ0v) is 12.4. The molecule has 1 unspecified atom stereocenters. The van der Waals surface area contributed by atoms with E-state index in [1.165, 1.54) is 41.6 Å². The summed E-state index contributed by atoms with van der Waals surface area (Å²) in [7, 11) is 0. The number of nitrogens with zero attached hydrogens (tertiary/aromatic N) is 1. The number of benzene rings is 1. The molecule has 0 spiro atoms. The molecular formula is C16H22N2S. The maximum absolute atomic E-state index is 3.67. The van der Waals surface area contributed by atoms with Crippen molar-refractivity contribution < 1.29 is 0 Å². The smallest absolute Gasteiger partial charge is 0.0373 e. The van der Waals surface area contributed by atoms with Gasteiger partial charge in [0.05, 0.1) is 0 Å². The van der Waals surface area contributed by atoms with Crippen molar-refractivity contribution in [3.8, 4) is 0 Å². The van der Waals surface area contributed by atoms with Crippen molar-refractivity contribution in [3.05, 3.63) is 29.6 Å². The minimum absolute atomic E-state index is 0.644. The Morgan fingerprint density at radius 2 is 2.32 bits per heavy atom. The van der Waals surface area contributed by atoms with E-state index >= 15 is 0 Å². The Kier molecular flexibility index (Phi) is 4.04. The largest absolute Gasteiger partial charge is 0.370 e. The molecule has 0 amide bonds. The molecule has 0 aliphatic carbocycles. The number of thiophene rings is 1. The van der Waals surface area contributed by atoms with E-state index in [2.05, 4.69) is 46.8 Å². The van der Waals surface area contributed by atoms with Crippen molar-refractivity contribution in [3.63, 3.8) is 0 Å². The van der Waals surface area contributed by atoms with Gasteiger partial charge in [0, 0.05) is 29.5 Å². The summed E-state index contributed by atoms with van der Waals surface area (Å²) in [6, 6.07) is 9.77. The monoisotopic (exact) mass is 274 g/mol. The molecular weight excluding hydrogens is 252 g/mol. The maximum Gasteiger partial charge on any atom is 0.0373 e. The molecule has 1 saturated heterocycles. The predicted molar refractivity (Wildman–Crippen MR) is 85.4 cm³/mol. The van der Waals surface area contributed by atoms with Gasteiger partial charge in [-0.25, -0.2) is 0 Å². The summed E-state index contributed by atoms with van der Waals surface area (Å²) in [5.41, 5.74) is 1.38. The van der Waals surface area contributed by atoms with Crippen LogP contribution in [-0.4, -0.2) is 25.7 Å². The minimum atomic E-state index is 0.644. The molecule has 3 heteroatoms. The number of anilines is 1. The van der Waals surface area contributed by atoms with Gasteiger partial charge in [-0.2, -0.15) is 0 Å². The first kappa shape index (κ1) is 12.9. The summed E-state index contributed by atoms with van der Waals surface area (Å²) in [4.78, 5) is 2.55. The Balaban J connectivity index is 1.82. The predicted octanol–water partition coefficient (Wildman–Crippen LogP) is 3.87. The van der Waals surface area contributed by atoms with Gasteiger partial charge < -0.3 is 10.2 Å². The molecule has 1 aromatic heterocycles. The third-order valence-corrected chi connectivity index (χ3v) is 4.81. The van der Waals surface area contributed by atoms with E-state index in [0.717, 1.165) is 13.1 Å². The van der Waals surface area contributed by atoms with Crippen LogP contribution in [0, 0.1) is 0 Å². The molecule has 1 aliphatic rings. The summed E-state index contributed by atoms with van der Waals surface area (Å²) in [5.74, 6) is 0. The van der Waals surface area contributed by atoms with E-state index < -0.39 is 0 Å². The highest BCUT2D eigenvalue weighted by atomic mass is 32.1. The lowest BCUT2D eigenvalue weighted by molar-refractivity contribution is 0.503. The Morgan fingerprint density at radius 1 is 1.37 bits per heavy atom. The standard InChI is InChI=1S/C16H22N2S/c1-2-4-14-12-18(9-3-8-17-14)15-5-6-16-13(11-15)7-10-19-16/h5-7,10-11,14,17H,2-4,8-9,12H2,1H3. The van der Waals surface area contributed by atoms with E-state index in [1.807, 2.05) is 11.3 Å². The second-order valence-corrected chi connectivity index (χ2v) is 6.33. The van der Waals surface area contributed by atoms with E-state index in [-0.39, 0.29) is 0 Å². The highest BCUT2D eigenvalue weighted by molar-refractivity contribution is 7.17. The third kappa shape index (κ3) is 2.93. The van der Waals surface area contributed by atoms with Gasteiger partial charge in [-0.1, -0.05) is 13.3 Å². The second-order valence-electron chi connectivity index (χ2n) is 5.38. The average molecular weight is 274 g/mol. The Hall–Kier alpha value is -1.06. The molecule has 1 aliphatic heterocycles. The summed E-state index contributed by atoms with van der Waals surface area (Å²) in [5, 5.41) is 7.23. The van der Waals surface area contributed by atoms with Crippen molar-refractivity contribution in [2.24, 2.45) is 0 Å². The van der Waals surface area contributed by atoms with Crippen LogP contribution in [0.3, 0.4) is 0 Å². The molecule has 2 aromatic rings. The van der Waals surface area contributed by atoms with Crippen LogP contribution in [0.25, 0.3) is 10.1 Å². The average Bonchev–Trinajstić information content (AvgIpc) is 2.77. The van der Waals surface area contributed by atoms with Gasteiger partial charge in [-0.05, 0) is 54.4 Å². The molecule has 1 atom stereocenters. The van der Waals surface area contributed by atoms with Crippen LogP contribution in [0.2, 0.25) is 0 Å². The molecule has 2 heterocycles. The summed E-state index contributed by atoms with van der Waals surface area (Å²) >= 11 is 1.82. The lowest BCUT2D eigenvalue weighted by Crippen LogP contribution is -2.37. The molecule has 2 nitrogen and oxygen atoms in total. The highest BCUT2D eigenvalue weighted by Gasteiger charge is 2.17. The van der Waals surface area contributed by atoms with Gasteiger partial charge in [0.1, 0.15) is 0 Å². The van der Waals surface area contributed by atoms with Gasteiger partial charge >= 0.3 is 0 Å². The first-order chi connectivity index (χ1) is 9.36. The molecule has 0 radical (unpaired) electrons. The second kappa shape index (κ2) is 5.93. The van der Waals surface area contributed by atoms with E-state index in [1.54, 1.807) is 0 Å². The molecule has 102 valence electrons. The number of hydrogen-bond acceptors (Lipinski definition) is 3. The number of nitrogens with one attached hydrogen (secondary N) is 1. The Labute approximate surface area is 119 Å². The fraction of sp³-hybridized carbons (Fsp3) is 0.500. The summed E-state index contributed by atoms with van der Waals surface area (Å²) in [6.45, 7) is 5.74. The van der Waals surface area contributed by atoms with Gasteiger partial charge in [0.2, 0.25) is 0 Å². The normalized spacial score (nSPS) is 20.7. The number of fused-ring (bicyclic) bond motifs is 1. The van der Waals surface area contributed by atoms with Crippen LogP contribution in [0.5, 0.6) is 0 Å². The number of hydrogen-bond donors (Lipinski definition) is 1. The molecule has 1 fully saturated rings. The molecule has 19 heavy (non-hydrogen) atoms. The summed E-state index contributed by atoms with van der Waals surface area (Å²) < 4.78 is 1.39. The quantitative estimate of drug-likeness (QED) is 0.914. The van der Waals surface area contributed by atoms with Crippen LogP contribution >= 0.6 is 11.3 Å². The van der Waals surface area contributed by atoms with E-state index in [4.69, 9.17) is 0 Å². The topological polar surface area (TPSA) is 15.3 Å². The molecule has 1 N–H and O–H groups in total. The van der Waals surface area contributed by atoms with Crippen LogP contribution in [0.4, 0.5) is 5.69 Å². The molecule has 0 saturated carbocycles. The zero-order chi connectivity index (χ0) is 13.1. The van der Waals surface area contributed by atoms with Crippen molar-refractivity contribution >= 4 is 27.1 Å². The van der Waals surface area contributed by atoms with Gasteiger partial charge in [-0.3, -0.25) is 0 Å². The highest BCUT2D eigenvalue weighted by Crippen LogP contribution is 2.27. The lowest BCUT2D eigenvalue weighted by atomic mass is 10.1. The molecule has 1 aromatic carbocycles. The Bertz CT molecular complexity index is 534. The van der Waals surface area contributed by atoms with E-state index in [0.29, 0.717) is 6.04 Å². The van der Waals surface area contributed by atoms with Crippen LogP contribution in [0.15, 0.2) is 29.6 Å². The lowest BCUT2D eigenvalue weighted by Gasteiger charge is -2.26. The van der Waals surface area contributed by atoms with Crippen molar-refractivity contribution in [1.29, 1.82) is 0 Å². The van der Waals surface area contributed by atoms with Crippen LogP contribution < -0.4 is 10.2 Å². The molecule has 0 bridgehead atoms. The third-order valence-electron chi connectivity index (χ3n) is 3.92. The van der Waals surface area contributed by atoms with E-state index in [9.17, 15) is 0 Å². The van der Waals surface area contributed by atoms with Crippen molar-refractivity contribution in [2.45, 2.75) is 32.2 Å². The minimum Gasteiger partial charge on any atom is -0.370 e. The van der Waals surface area contributed by atoms with Crippen LogP contribution in [0.1, 0.15) is 26.2 Å². The molecule has 3 rings (SSSR count). The van der Waals surface area contributed by atoms with Gasteiger partial charge in [0.15, 0.2) is 0 Å². The Morgan fingerprint density at radius 3 is 3.21 bits per heavy atom. The fourth-order valence-corrected chi connectivity index (χ4v) is 3.70. The van der Waals surface area contributed by atoms with Crippen molar-refractivity contribution in [2.75, 3.05) is 24.5 Å². The summed E-state index contributed by atoms with van der Waals surface area (Å²) in [6.07, 6.45) is 3.77. The number of rotatable bonds is 3. The van der Waals surface area contributed by atoms with Crippen LogP contribution in [-0.2, 0) is 0 Å². The zero-order valence-electron chi connectivity index (χ0n) is 11.6. The van der Waals surface area contributed by atoms with Gasteiger partial charge in [-0.15, -0.1) is 11.3 Å². The SMILES string of the molecule is CCCC1CN(c2ccc3sccc3c2)CCCN1. The van der Waals surface area contributed by atoms with Gasteiger partial charge in [0.25, 0.3) is 0 Å². The van der Waals surface area contributed by atoms with Crippen molar-refractivity contribution in [1.82, 2.24) is 5.32 Å². The first-order valence-corrected chi connectivity index (χ1v) is 8.20. The first-order valence-electron chi connectivity index (χ1n) is 7.32.